The summed E-state index contributed by atoms with van der Waals surface area (Å²) in [7, 11) is 0. The number of anilines is 1. The zero-order valence-electron chi connectivity index (χ0n) is 10.8. The predicted octanol–water partition coefficient (Wildman–Crippen LogP) is 2.05. The number of halogens is 3. The molecular weight excluding hydrogens is 273 g/mol. The van der Waals surface area contributed by atoms with Crippen molar-refractivity contribution < 1.29 is 22.8 Å². The van der Waals surface area contributed by atoms with Crippen LogP contribution in [0.5, 0.6) is 0 Å². The molecule has 4 nitrogen and oxygen atoms in total. The minimum Gasteiger partial charge on any atom is -0.371 e. The predicted molar refractivity (Wildman–Crippen MR) is 65.4 cm³/mol. The van der Waals surface area contributed by atoms with E-state index in [4.69, 9.17) is 0 Å². The van der Waals surface area contributed by atoms with E-state index in [0.29, 0.717) is 12.5 Å². The number of amides is 2. The minimum absolute atomic E-state index is 0.156. The average molecular weight is 286 g/mol. The third-order valence-electron chi connectivity index (χ3n) is 3.01. The molecule has 1 aliphatic heterocycles. The fraction of sp³-hybridized carbons (Fsp3) is 0.385. The van der Waals surface area contributed by atoms with E-state index in [1.165, 1.54) is 0 Å². The number of imide groups is 1. The van der Waals surface area contributed by atoms with Gasteiger partial charge in [0, 0.05) is 18.7 Å². The van der Waals surface area contributed by atoms with E-state index in [1.807, 2.05) is 6.92 Å². The first-order valence-corrected chi connectivity index (χ1v) is 6.19. The fourth-order valence-electron chi connectivity index (χ4n) is 2.10. The molecule has 7 heteroatoms. The molecule has 108 valence electrons. The van der Waals surface area contributed by atoms with Crippen LogP contribution in [0.15, 0.2) is 12.1 Å². The summed E-state index contributed by atoms with van der Waals surface area (Å²) in [6.07, 6.45) is 0.448. The molecule has 2 rings (SSSR count). The number of rotatable bonds is 4. The topological polar surface area (TPSA) is 49.4 Å². The number of carbonyl (C=O) groups excluding carboxylic acids is 2. The molecule has 0 aromatic heterocycles. The lowest BCUT2D eigenvalue weighted by Crippen LogP contribution is -2.35. The van der Waals surface area contributed by atoms with E-state index in [9.17, 15) is 22.8 Å². The standard InChI is InChI=1S/C13H13F3N2O2/c1-2-3-18-11(19)6-10(13(18)20)17-9-5-7(14)4-8(15)12(9)16/h4-5,10,17H,2-3,6H2,1H3. The summed E-state index contributed by atoms with van der Waals surface area (Å²) in [6.45, 7) is 2.08. The second-order valence-electron chi connectivity index (χ2n) is 4.53. The third kappa shape index (κ3) is 2.61. The first kappa shape index (κ1) is 14.4. The van der Waals surface area contributed by atoms with E-state index in [1.54, 1.807) is 0 Å². The van der Waals surface area contributed by atoms with Crippen molar-refractivity contribution in [3.05, 3.63) is 29.6 Å². The van der Waals surface area contributed by atoms with Crippen molar-refractivity contribution >= 4 is 17.5 Å². The summed E-state index contributed by atoms with van der Waals surface area (Å²) in [4.78, 5) is 24.6. The van der Waals surface area contributed by atoms with Crippen LogP contribution in [0.3, 0.4) is 0 Å². The Bertz CT molecular complexity index is 563. The largest absolute Gasteiger partial charge is 0.371 e. The van der Waals surface area contributed by atoms with Crippen LogP contribution in [0, 0.1) is 17.5 Å². The average Bonchev–Trinajstić information content (AvgIpc) is 2.63. The van der Waals surface area contributed by atoms with Gasteiger partial charge in [0.05, 0.1) is 12.1 Å². The number of carbonyl (C=O) groups is 2. The first-order chi connectivity index (χ1) is 9.43. The van der Waals surface area contributed by atoms with Crippen molar-refractivity contribution in [2.45, 2.75) is 25.8 Å². The Hall–Kier alpha value is -2.05. The highest BCUT2D eigenvalue weighted by Gasteiger charge is 2.38. The molecule has 0 aliphatic carbocycles. The lowest BCUT2D eigenvalue weighted by molar-refractivity contribution is -0.138. The maximum Gasteiger partial charge on any atom is 0.252 e. The van der Waals surface area contributed by atoms with Crippen LogP contribution in [0.4, 0.5) is 18.9 Å². The van der Waals surface area contributed by atoms with Crippen LogP contribution < -0.4 is 5.32 Å². The highest BCUT2D eigenvalue weighted by molar-refractivity contribution is 6.06. The van der Waals surface area contributed by atoms with Crippen molar-refractivity contribution in [1.82, 2.24) is 4.90 Å². The van der Waals surface area contributed by atoms with Gasteiger partial charge in [0.15, 0.2) is 11.6 Å². The van der Waals surface area contributed by atoms with Crippen LogP contribution in [0.25, 0.3) is 0 Å². The summed E-state index contributed by atoms with van der Waals surface area (Å²) in [5, 5.41) is 2.39. The van der Waals surface area contributed by atoms with Crippen molar-refractivity contribution in [2.24, 2.45) is 0 Å². The maximum absolute atomic E-state index is 13.5. The fourth-order valence-corrected chi connectivity index (χ4v) is 2.10. The van der Waals surface area contributed by atoms with Gasteiger partial charge in [-0.25, -0.2) is 13.2 Å². The molecule has 0 bridgehead atoms. The van der Waals surface area contributed by atoms with Gasteiger partial charge in [-0.1, -0.05) is 6.92 Å². The highest BCUT2D eigenvalue weighted by Crippen LogP contribution is 2.23. The first-order valence-electron chi connectivity index (χ1n) is 6.19. The Balaban J connectivity index is 2.19. The Morgan fingerprint density at radius 2 is 2.00 bits per heavy atom. The molecule has 1 N–H and O–H groups in total. The van der Waals surface area contributed by atoms with Crippen LogP contribution in [0.1, 0.15) is 19.8 Å². The van der Waals surface area contributed by atoms with Gasteiger partial charge in [0.1, 0.15) is 11.9 Å². The van der Waals surface area contributed by atoms with E-state index in [-0.39, 0.29) is 18.9 Å². The molecule has 0 spiro atoms. The van der Waals surface area contributed by atoms with E-state index in [2.05, 4.69) is 5.32 Å². The summed E-state index contributed by atoms with van der Waals surface area (Å²) >= 11 is 0. The molecule has 1 atom stereocenters. The van der Waals surface area contributed by atoms with Crippen molar-refractivity contribution in [3.63, 3.8) is 0 Å². The molecule has 0 radical (unpaired) electrons. The monoisotopic (exact) mass is 286 g/mol. The van der Waals surface area contributed by atoms with E-state index < -0.39 is 35.1 Å². The van der Waals surface area contributed by atoms with Crippen LogP contribution in [0.2, 0.25) is 0 Å². The minimum atomic E-state index is -1.35. The van der Waals surface area contributed by atoms with Gasteiger partial charge >= 0.3 is 0 Å². The second-order valence-corrected chi connectivity index (χ2v) is 4.53. The quantitative estimate of drug-likeness (QED) is 0.681. The van der Waals surface area contributed by atoms with Gasteiger partial charge in [-0.2, -0.15) is 0 Å². The summed E-state index contributed by atoms with van der Waals surface area (Å²) in [5.74, 6) is -4.49. The molecular formula is C13H13F3N2O2. The Labute approximate surface area is 113 Å². The highest BCUT2D eigenvalue weighted by atomic mass is 19.2. The molecule has 0 saturated carbocycles. The molecule has 1 heterocycles. The Morgan fingerprint density at radius 3 is 2.65 bits per heavy atom. The van der Waals surface area contributed by atoms with Crippen molar-refractivity contribution in [3.8, 4) is 0 Å². The zero-order chi connectivity index (χ0) is 14.9. The molecule has 1 aromatic carbocycles. The second kappa shape index (κ2) is 5.52. The number of hydrogen-bond donors (Lipinski definition) is 1. The normalized spacial score (nSPS) is 18.8. The van der Waals surface area contributed by atoms with Crippen molar-refractivity contribution in [2.75, 3.05) is 11.9 Å². The number of nitrogens with one attached hydrogen (secondary N) is 1. The third-order valence-corrected chi connectivity index (χ3v) is 3.01. The summed E-state index contributed by atoms with van der Waals surface area (Å²) < 4.78 is 39.6. The smallest absolute Gasteiger partial charge is 0.252 e. The van der Waals surface area contributed by atoms with Crippen LogP contribution in [-0.4, -0.2) is 29.3 Å². The van der Waals surface area contributed by atoms with Crippen molar-refractivity contribution in [1.29, 1.82) is 0 Å². The molecule has 1 aromatic rings. The zero-order valence-corrected chi connectivity index (χ0v) is 10.8. The van der Waals surface area contributed by atoms with Gasteiger partial charge in [0.25, 0.3) is 5.91 Å². The number of nitrogens with zero attached hydrogens (tertiary/aromatic N) is 1. The number of benzene rings is 1. The Kier molecular flexibility index (Phi) is 3.96. The van der Waals surface area contributed by atoms with Crippen LogP contribution in [-0.2, 0) is 9.59 Å². The van der Waals surface area contributed by atoms with Gasteiger partial charge in [0.2, 0.25) is 5.91 Å². The van der Waals surface area contributed by atoms with E-state index in [0.717, 1.165) is 11.0 Å². The molecule has 2 amide bonds. The Morgan fingerprint density at radius 1 is 1.30 bits per heavy atom. The molecule has 1 aliphatic rings. The molecule has 1 fully saturated rings. The van der Waals surface area contributed by atoms with E-state index >= 15 is 0 Å². The molecule has 20 heavy (non-hydrogen) atoms. The maximum atomic E-state index is 13.5. The number of hydrogen-bond acceptors (Lipinski definition) is 3. The van der Waals surface area contributed by atoms with Gasteiger partial charge in [-0.3, -0.25) is 14.5 Å². The lowest BCUT2D eigenvalue weighted by Gasteiger charge is -2.15. The van der Waals surface area contributed by atoms with Gasteiger partial charge in [-0.05, 0) is 6.42 Å². The lowest BCUT2D eigenvalue weighted by atomic mass is 10.2. The summed E-state index contributed by atoms with van der Waals surface area (Å²) in [5.41, 5.74) is -0.466. The number of likely N-dealkylation sites (tertiary alicyclic amines) is 1. The molecule has 1 unspecified atom stereocenters. The summed E-state index contributed by atoms with van der Waals surface area (Å²) in [6, 6.07) is 0.161. The SMILES string of the molecule is CCCN1C(=O)CC(Nc2cc(F)cc(F)c2F)C1=O. The van der Waals surface area contributed by atoms with Gasteiger partial charge < -0.3 is 5.32 Å². The van der Waals surface area contributed by atoms with Crippen LogP contribution >= 0.6 is 0 Å². The molecule has 1 saturated heterocycles. The van der Waals surface area contributed by atoms with Gasteiger partial charge in [-0.15, -0.1) is 0 Å².